The molecule has 5 nitrogen and oxygen atoms in total. The Labute approximate surface area is 94.2 Å². The molecule has 0 radical (unpaired) electrons. The number of rotatable bonds is 2. The van der Waals surface area contributed by atoms with Crippen molar-refractivity contribution in [2.75, 3.05) is 12.4 Å². The number of nitrogens with zero attached hydrogens (tertiary/aromatic N) is 3. The molecule has 0 spiro atoms. The van der Waals surface area contributed by atoms with Gasteiger partial charge in [0.25, 0.3) is 0 Å². The van der Waals surface area contributed by atoms with E-state index in [0.717, 1.165) is 11.3 Å². The van der Waals surface area contributed by atoms with Gasteiger partial charge in [-0.05, 0) is 19.7 Å². The summed E-state index contributed by atoms with van der Waals surface area (Å²) in [6.07, 6.45) is 0. The first kappa shape index (κ1) is 11.9. The summed E-state index contributed by atoms with van der Waals surface area (Å²) in [5, 5.41) is 14.9. The fourth-order valence-corrected chi connectivity index (χ4v) is 1.25. The van der Waals surface area contributed by atoms with E-state index >= 15 is 0 Å². The summed E-state index contributed by atoms with van der Waals surface area (Å²) >= 11 is 0. The van der Waals surface area contributed by atoms with Gasteiger partial charge in [0.15, 0.2) is 0 Å². The molecule has 0 saturated heterocycles. The molecule has 1 rings (SSSR count). The van der Waals surface area contributed by atoms with Crippen LogP contribution in [-0.4, -0.2) is 30.6 Å². The third-order valence-corrected chi connectivity index (χ3v) is 2.07. The number of hydrogen-bond acceptors (Lipinski definition) is 3. The molecule has 0 saturated carbocycles. The third kappa shape index (κ3) is 2.66. The van der Waals surface area contributed by atoms with Crippen LogP contribution in [0.5, 0.6) is 0 Å². The van der Waals surface area contributed by atoms with Gasteiger partial charge in [-0.25, -0.2) is 4.99 Å². The number of anilines is 1. The lowest BCUT2D eigenvalue weighted by atomic mass is 10.1. The second-order valence-corrected chi connectivity index (χ2v) is 3.06. The average molecular weight is 218 g/mol. The zero-order valence-corrected chi connectivity index (χ0v) is 9.31. The van der Waals surface area contributed by atoms with Crippen molar-refractivity contribution >= 4 is 24.1 Å². The van der Waals surface area contributed by atoms with Crippen LogP contribution in [0.15, 0.2) is 39.4 Å². The Balaban J connectivity index is 3.09. The highest BCUT2D eigenvalue weighted by molar-refractivity contribution is 6.07. The molecule has 16 heavy (non-hydrogen) atoms. The van der Waals surface area contributed by atoms with Gasteiger partial charge in [0.05, 0.1) is 11.4 Å². The summed E-state index contributed by atoms with van der Waals surface area (Å²) < 4.78 is 0. The lowest BCUT2D eigenvalue weighted by Gasteiger charge is -2.09. The monoisotopic (exact) mass is 218 g/mol. The summed E-state index contributed by atoms with van der Waals surface area (Å²) in [4.78, 5) is 7.62. The Morgan fingerprint density at radius 3 is 2.62 bits per heavy atom. The SMILES string of the molecule is C=NC(=NC)Nc1ccccc1C(C)=NO. The molecule has 1 aromatic rings. The van der Waals surface area contributed by atoms with Crippen molar-refractivity contribution in [3.05, 3.63) is 29.8 Å². The number of hydrogen-bond donors (Lipinski definition) is 2. The maximum absolute atomic E-state index is 8.76. The first-order chi connectivity index (χ1) is 7.72. The van der Waals surface area contributed by atoms with Crippen LogP contribution < -0.4 is 5.32 Å². The zero-order chi connectivity index (χ0) is 12.0. The predicted octanol–water partition coefficient (Wildman–Crippen LogP) is 1.98. The maximum Gasteiger partial charge on any atom is 0.221 e. The lowest BCUT2D eigenvalue weighted by molar-refractivity contribution is 0.319. The van der Waals surface area contributed by atoms with Crippen molar-refractivity contribution in [3.8, 4) is 0 Å². The molecule has 0 aromatic heterocycles. The van der Waals surface area contributed by atoms with E-state index in [4.69, 9.17) is 5.21 Å². The summed E-state index contributed by atoms with van der Waals surface area (Å²) in [7, 11) is 1.62. The standard InChI is InChI=1S/C11H14N4O/c1-8(15-16)9-6-4-5-7-10(9)14-11(12-2)13-3/h4-7,16H,2H2,1,3H3,(H,13,14). The summed E-state index contributed by atoms with van der Waals surface area (Å²) in [5.74, 6) is 0.415. The van der Waals surface area contributed by atoms with E-state index in [-0.39, 0.29) is 0 Å². The van der Waals surface area contributed by atoms with Crippen LogP contribution in [0.3, 0.4) is 0 Å². The molecule has 0 aliphatic carbocycles. The number of aliphatic imine (C=N–C) groups is 2. The van der Waals surface area contributed by atoms with Crippen LogP contribution in [0.25, 0.3) is 0 Å². The average Bonchev–Trinajstić information content (AvgIpc) is 2.35. The minimum atomic E-state index is 0.415. The van der Waals surface area contributed by atoms with Gasteiger partial charge in [-0.1, -0.05) is 23.4 Å². The molecule has 0 bridgehead atoms. The van der Waals surface area contributed by atoms with Crippen LogP contribution in [0, 0.1) is 0 Å². The number of para-hydroxylation sites is 1. The summed E-state index contributed by atoms with van der Waals surface area (Å²) in [6.45, 7) is 5.11. The van der Waals surface area contributed by atoms with Gasteiger partial charge in [-0.15, -0.1) is 0 Å². The smallest absolute Gasteiger partial charge is 0.221 e. The fraction of sp³-hybridized carbons (Fsp3) is 0.182. The first-order valence-electron chi connectivity index (χ1n) is 4.71. The Morgan fingerprint density at radius 2 is 2.06 bits per heavy atom. The van der Waals surface area contributed by atoms with Crippen LogP contribution in [0.2, 0.25) is 0 Å². The van der Waals surface area contributed by atoms with Gasteiger partial charge in [-0.3, -0.25) is 4.99 Å². The second kappa shape index (κ2) is 5.65. The molecule has 0 aliphatic heterocycles. The van der Waals surface area contributed by atoms with Gasteiger partial charge < -0.3 is 10.5 Å². The van der Waals surface area contributed by atoms with E-state index in [1.54, 1.807) is 14.0 Å². The van der Waals surface area contributed by atoms with E-state index in [9.17, 15) is 0 Å². The maximum atomic E-state index is 8.76. The Kier molecular flexibility index (Phi) is 4.20. The van der Waals surface area contributed by atoms with Crippen molar-refractivity contribution in [2.45, 2.75) is 6.92 Å². The van der Waals surface area contributed by atoms with Gasteiger partial charge in [0.1, 0.15) is 0 Å². The normalized spacial score (nSPS) is 12.4. The van der Waals surface area contributed by atoms with Gasteiger partial charge >= 0.3 is 0 Å². The van der Waals surface area contributed by atoms with E-state index in [1.165, 1.54) is 0 Å². The van der Waals surface area contributed by atoms with Crippen molar-refractivity contribution in [1.82, 2.24) is 0 Å². The first-order valence-corrected chi connectivity index (χ1v) is 4.71. The minimum Gasteiger partial charge on any atom is -0.411 e. The molecule has 0 amide bonds. The Hall–Kier alpha value is -2.17. The van der Waals surface area contributed by atoms with E-state index in [0.29, 0.717) is 11.7 Å². The Bertz CT molecular complexity index is 437. The highest BCUT2D eigenvalue weighted by Gasteiger charge is 2.06. The second-order valence-electron chi connectivity index (χ2n) is 3.06. The van der Waals surface area contributed by atoms with Crippen molar-refractivity contribution in [1.29, 1.82) is 0 Å². The molecular weight excluding hydrogens is 204 g/mol. The largest absolute Gasteiger partial charge is 0.411 e. The zero-order valence-electron chi connectivity index (χ0n) is 9.31. The highest BCUT2D eigenvalue weighted by atomic mass is 16.4. The summed E-state index contributed by atoms with van der Waals surface area (Å²) in [5.41, 5.74) is 2.07. The molecule has 5 heteroatoms. The molecule has 0 heterocycles. The van der Waals surface area contributed by atoms with E-state index in [1.807, 2.05) is 24.3 Å². The lowest BCUT2D eigenvalue weighted by Crippen LogP contribution is -2.11. The topological polar surface area (TPSA) is 69.3 Å². The quantitative estimate of drug-likeness (QED) is 0.345. The fourth-order valence-electron chi connectivity index (χ4n) is 1.25. The molecule has 0 aliphatic rings. The number of oxime groups is 1. The van der Waals surface area contributed by atoms with Crippen LogP contribution in [-0.2, 0) is 0 Å². The molecule has 0 atom stereocenters. The molecule has 84 valence electrons. The minimum absolute atomic E-state index is 0.415. The highest BCUT2D eigenvalue weighted by Crippen LogP contribution is 2.16. The molecule has 0 fully saturated rings. The molecule has 2 N–H and O–H groups in total. The Morgan fingerprint density at radius 1 is 1.38 bits per heavy atom. The van der Waals surface area contributed by atoms with Gasteiger partial charge in [0.2, 0.25) is 5.96 Å². The van der Waals surface area contributed by atoms with Gasteiger partial charge in [-0.2, -0.15) is 0 Å². The summed E-state index contributed by atoms with van der Waals surface area (Å²) in [6, 6.07) is 7.42. The third-order valence-electron chi connectivity index (χ3n) is 2.07. The number of nitrogens with one attached hydrogen (secondary N) is 1. The number of guanidine groups is 1. The van der Waals surface area contributed by atoms with Crippen molar-refractivity contribution < 1.29 is 5.21 Å². The molecule has 1 aromatic carbocycles. The van der Waals surface area contributed by atoms with Crippen molar-refractivity contribution in [3.63, 3.8) is 0 Å². The van der Waals surface area contributed by atoms with E-state index < -0.39 is 0 Å². The molecule has 0 unspecified atom stereocenters. The van der Waals surface area contributed by atoms with E-state index in [2.05, 4.69) is 27.2 Å². The van der Waals surface area contributed by atoms with Gasteiger partial charge in [0, 0.05) is 12.6 Å². The predicted molar refractivity (Wildman–Crippen MR) is 67.0 cm³/mol. The van der Waals surface area contributed by atoms with Crippen LogP contribution in [0.1, 0.15) is 12.5 Å². The van der Waals surface area contributed by atoms with Crippen LogP contribution >= 0.6 is 0 Å². The molecular formula is C11H14N4O. The van der Waals surface area contributed by atoms with Crippen molar-refractivity contribution in [2.24, 2.45) is 15.1 Å². The number of benzene rings is 1. The van der Waals surface area contributed by atoms with Crippen LogP contribution in [0.4, 0.5) is 5.69 Å².